The van der Waals surface area contributed by atoms with E-state index in [0.29, 0.717) is 5.88 Å². The molecule has 19 heavy (non-hydrogen) atoms. The summed E-state index contributed by atoms with van der Waals surface area (Å²) in [4.78, 5) is 4.83. The summed E-state index contributed by atoms with van der Waals surface area (Å²) in [6.45, 7) is 5.77. The van der Waals surface area contributed by atoms with Crippen LogP contribution in [0.15, 0.2) is 18.2 Å². The number of alkyl halides is 1. The summed E-state index contributed by atoms with van der Waals surface area (Å²) in [5.74, 6) is 1.46. The maximum absolute atomic E-state index is 5.89. The molecule has 0 atom stereocenters. The molecule has 0 bridgehead atoms. The third-order valence-corrected chi connectivity index (χ3v) is 4.30. The minimum atomic E-state index is 0.603. The first-order chi connectivity index (χ1) is 9.10. The topological polar surface area (TPSA) is 6.48 Å². The molecule has 106 valence electrons. The van der Waals surface area contributed by atoms with Crippen LogP contribution in [0, 0.1) is 12.8 Å². The van der Waals surface area contributed by atoms with Crippen LogP contribution < -0.4 is 4.90 Å². The van der Waals surface area contributed by atoms with Crippen LogP contribution in [0.3, 0.4) is 0 Å². The second-order valence-corrected chi connectivity index (χ2v) is 6.21. The summed E-state index contributed by atoms with van der Waals surface area (Å²) in [6, 6.07) is 6.61. The van der Waals surface area contributed by atoms with E-state index < -0.39 is 0 Å². The number of benzene rings is 1. The molecule has 1 heterocycles. The van der Waals surface area contributed by atoms with Gasteiger partial charge < -0.3 is 9.80 Å². The van der Waals surface area contributed by atoms with Crippen LogP contribution >= 0.6 is 11.6 Å². The van der Waals surface area contributed by atoms with Gasteiger partial charge in [0.1, 0.15) is 0 Å². The third kappa shape index (κ3) is 3.87. The second-order valence-electron chi connectivity index (χ2n) is 5.95. The van der Waals surface area contributed by atoms with Gasteiger partial charge in [0.2, 0.25) is 0 Å². The van der Waals surface area contributed by atoms with E-state index in [1.165, 1.54) is 49.3 Å². The Kier molecular flexibility index (Phi) is 5.12. The molecule has 0 N–H and O–H groups in total. The Hall–Kier alpha value is -0.730. The summed E-state index contributed by atoms with van der Waals surface area (Å²) in [6.07, 6.45) is 2.60. The molecule has 1 aromatic carbocycles. The molecule has 0 aromatic heterocycles. The lowest BCUT2D eigenvalue weighted by molar-refractivity contribution is 0.285. The van der Waals surface area contributed by atoms with Crippen LogP contribution in [0.5, 0.6) is 0 Å². The highest BCUT2D eigenvalue weighted by Gasteiger charge is 2.20. The van der Waals surface area contributed by atoms with Crippen molar-refractivity contribution in [2.24, 2.45) is 5.92 Å². The fraction of sp³-hybridized carbons (Fsp3) is 0.625. The lowest BCUT2D eigenvalue weighted by atomic mass is 9.95. The molecule has 1 fully saturated rings. The fourth-order valence-electron chi connectivity index (χ4n) is 3.03. The molecule has 0 aliphatic carbocycles. The number of rotatable bonds is 4. The van der Waals surface area contributed by atoms with E-state index in [1.807, 2.05) is 0 Å². The van der Waals surface area contributed by atoms with Crippen molar-refractivity contribution < 1.29 is 0 Å². The molecule has 0 unspecified atom stereocenters. The van der Waals surface area contributed by atoms with Crippen molar-refractivity contribution in [2.75, 3.05) is 38.6 Å². The van der Waals surface area contributed by atoms with Gasteiger partial charge in [0.25, 0.3) is 0 Å². The van der Waals surface area contributed by atoms with Crippen LogP contribution in [-0.2, 0) is 5.88 Å². The van der Waals surface area contributed by atoms with Crippen molar-refractivity contribution in [3.8, 4) is 0 Å². The summed E-state index contributed by atoms with van der Waals surface area (Å²) < 4.78 is 0. The fourth-order valence-corrected chi connectivity index (χ4v) is 3.19. The Bertz CT molecular complexity index is 409. The van der Waals surface area contributed by atoms with Gasteiger partial charge in [-0.2, -0.15) is 0 Å². The molecule has 0 radical (unpaired) electrons. The van der Waals surface area contributed by atoms with Crippen molar-refractivity contribution in [3.05, 3.63) is 29.3 Å². The number of piperidine rings is 1. The highest BCUT2D eigenvalue weighted by molar-refractivity contribution is 6.17. The largest absolute Gasteiger partial charge is 0.371 e. The summed E-state index contributed by atoms with van der Waals surface area (Å²) >= 11 is 5.89. The van der Waals surface area contributed by atoms with E-state index in [9.17, 15) is 0 Å². The van der Waals surface area contributed by atoms with Gasteiger partial charge in [-0.25, -0.2) is 0 Å². The standard InChI is InChI=1S/C16H25ClN2/c1-13-10-15(11-17)4-5-16(13)19-8-6-14(7-9-19)12-18(2)3/h4-5,10,14H,6-9,11-12H2,1-3H3. The van der Waals surface area contributed by atoms with Crippen LogP contribution in [0.25, 0.3) is 0 Å². The van der Waals surface area contributed by atoms with Gasteiger partial charge >= 0.3 is 0 Å². The van der Waals surface area contributed by atoms with Gasteiger partial charge in [-0.3, -0.25) is 0 Å². The predicted octanol–water partition coefficient (Wildman–Crippen LogP) is 3.51. The molecule has 1 saturated heterocycles. The van der Waals surface area contributed by atoms with Crippen LogP contribution in [-0.4, -0.2) is 38.6 Å². The average Bonchev–Trinajstić information content (AvgIpc) is 2.39. The quantitative estimate of drug-likeness (QED) is 0.779. The molecule has 1 aromatic rings. The highest BCUT2D eigenvalue weighted by Crippen LogP contribution is 2.27. The van der Waals surface area contributed by atoms with E-state index >= 15 is 0 Å². The molecule has 0 amide bonds. The van der Waals surface area contributed by atoms with Crippen molar-refractivity contribution in [3.63, 3.8) is 0 Å². The molecule has 1 aliphatic heterocycles. The van der Waals surface area contributed by atoms with Gasteiger partial charge in [0.05, 0.1) is 0 Å². The minimum Gasteiger partial charge on any atom is -0.371 e. The highest BCUT2D eigenvalue weighted by atomic mass is 35.5. The first-order valence-corrected chi connectivity index (χ1v) is 7.68. The maximum Gasteiger partial charge on any atom is 0.0474 e. The van der Waals surface area contributed by atoms with Gasteiger partial charge in [-0.15, -0.1) is 11.6 Å². The normalized spacial score (nSPS) is 17.2. The molecular formula is C16H25ClN2. The zero-order valence-corrected chi connectivity index (χ0v) is 13.1. The van der Waals surface area contributed by atoms with Crippen molar-refractivity contribution in [1.29, 1.82) is 0 Å². The van der Waals surface area contributed by atoms with E-state index in [2.05, 4.69) is 49.0 Å². The first kappa shape index (κ1) is 14.7. The van der Waals surface area contributed by atoms with Crippen molar-refractivity contribution in [1.82, 2.24) is 4.90 Å². The van der Waals surface area contributed by atoms with Crippen LogP contribution in [0.2, 0.25) is 0 Å². The number of aryl methyl sites for hydroxylation is 1. The summed E-state index contributed by atoms with van der Waals surface area (Å²) in [5.41, 5.74) is 3.95. The Balaban J connectivity index is 1.97. The smallest absolute Gasteiger partial charge is 0.0474 e. The zero-order chi connectivity index (χ0) is 13.8. The average molecular weight is 281 g/mol. The first-order valence-electron chi connectivity index (χ1n) is 7.15. The van der Waals surface area contributed by atoms with E-state index in [0.717, 1.165) is 5.92 Å². The third-order valence-electron chi connectivity index (χ3n) is 3.99. The minimum absolute atomic E-state index is 0.603. The van der Waals surface area contributed by atoms with Crippen LogP contribution in [0.1, 0.15) is 24.0 Å². The van der Waals surface area contributed by atoms with E-state index in [1.54, 1.807) is 0 Å². The SMILES string of the molecule is Cc1cc(CCl)ccc1N1CCC(CN(C)C)CC1. The number of hydrogen-bond donors (Lipinski definition) is 0. The Morgan fingerprint density at radius 2 is 1.95 bits per heavy atom. The van der Waals surface area contributed by atoms with Crippen molar-refractivity contribution in [2.45, 2.75) is 25.6 Å². The number of hydrogen-bond acceptors (Lipinski definition) is 2. The molecule has 0 spiro atoms. The number of nitrogens with zero attached hydrogens (tertiary/aromatic N) is 2. The molecule has 3 heteroatoms. The van der Waals surface area contributed by atoms with E-state index in [-0.39, 0.29) is 0 Å². The lowest BCUT2D eigenvalue weighted by Crippen LogP contribution is -2.37. The zero-order valence-electron chi connectivity index (χ0n) is 12.3. The number of anilines is 1. The van der Waals surface area contributed by atoms with E-state index in [4.69, 9.17) is 11.6 Å². The molecule has 2 nitrogen and oxygen atoms in total. The predicted molar refractivity (Wildman–Crippen MR) is 84.2 cm³/mol. The monoisotopic (exact) mass is 280 g/mol. The Labute approximate surface area is 122 Å². The molecule has 1 aliphatic rings. The van der Waals surface area contributed by atoms with Crippen LogP contribution in [0.4, 0.5) is 5.69 Å². The maximum atomic E-state index is 5.89. The van der Waals surface area contributed by atoms with Crippen molar-refractivity contribution >= 4 is 17.3 Å². The van der Waals surface area contributed by atoms with Gasteiger partial charge in [0, 0.05) is 31.2 Å². The second kappa shape index (κ2) is 6.62. The Morgan fingerprint density at radius 3 is 2.47 bits per heavy atom. The molecule has 2 rings (SSSR count). The lowest BCUT2D eigenvalue weighted by Gasteiger charge is -2.35. The van der Waals surface area contributed by atoms with Gasteiger partial charge in [0.15, 0.2) is 0 Å². The summed E-state index contributed by atoms with van der Waals surface area (Å²) in [7, 11) is 4.34. The number of halogens is 1. The molecular weight excluding hydrogens is 256 g/mol. The van der Waals surface area contributed by atoms with Gasteiger partial charge in [-0.1, -0.05) is 12.1 Å². The van der Waals surface area contributed by atoms with Gasteiger partial charge in [-0.05, 0) is 57.0 Å². The summed E-state index contributed by atoms with van der Waals surface area (Å²) in [5, 5.41) is 0. The Morgan fingerprint density at radius 1 is 1.26 bits per heavy atom. The molecule has 0 saturated carbocycles.